The van der Waals surface area contributed by atoms with Crippen LogP contribution in [0.3, 0.4) is 0 Å². The summed E-state index contributed by atoms with van der Waals surface area (Å²) in [6.45, 7) is 1.84. The normalized spacial score (nSPS) is 15.2. The molecule has 0 aliphatic heterocycles. The Morgan fingerprint density at radius 3 is 2.45 bits per heavy atom. The summed E-state index contributed by atoms with van der Waals surface area (Å²) in [6, 6.07) is 3.22. The van der Waals surface area contributed by atoms with E-state index in [0.717, 1.165) is 24.8 Å². The molecule has 1 amide bonds. The van der Waals surface area contributed by atoms with Crippen LogP contribution in [0.5, 0.6) is 17.2 Å². The van der Waals surface area contributed by atoms with E-state index in [9.17, 15) is 9.59 Å². The lowest BCUT2D eigenvalue weighted by molar-refractivity contribution is -0.119. The summed E-state index contributed by atoms with van der Waals surface area (Å²) in [5.74, 6) is 0.976. The smallest absolute Gasteiger partial charge is 0.339 e. The van der Waals surface area contributed by atoms with Gasteiger partial charge in [0.15, 0.2) is 18.1 Å². The quantitative estimate of drug-likeness (QED) is 0.689. The lowest BCUT2D eigenvalue weighted by Gasteiger charge is -2.18. The van der Waals surface area contributed by atoms with Crippen LogP contribution in [0.15, 0.2) is 17.5 Å². The minimum Gasteiger partial charge on any atom is -0.493 e. The molecule has 7 nitrogen and oxygen atoms in total. The molecule has 1 aromatic carbocycles. The number of carbonyl (C=O) groups is 2. The van der Waals surface area contributed by atoms with Crippen molar-refractivity contribution in [2.75, 3.05) is 33.3 Å². The van der Waals surface area contributed by atoms with Crippen LogP contribution in [0, 0.1) is 5.92 Å². The van der Waals surface area contributed by atoms with Crippen molar-refractivity contribution in [2.24, 2.45) is 5.92 Å². The Kier molecular flexibility index (Phi) is 6.64. The van der Waals surface area contributed by atoms with Crippen molar-refractivity contribution in [3.63, 3.8) is 0 Å². The van der Waals surface area contributed by atoms with E-state index < -0.39 is 11.9 Å². The van der Waals surface area contributed by atoms with Crippen molar-refractivity contribution in [3.8, 4) is 17.2 Å². The molecule has 2 aromatic rings. The molecule has 156 valence electrons. The minimum atomic E-state index is -0.461. The van der Waals surface area contributed by atoms with Gasteiger partial charge in [-0.15, -0.1) is 11.3 Å². The molecule has 1 aromatic heterocycles. The number of rotatable bonds is 7. The number of amides is 1. The number of fused-ring (bicyclic) bond motifs is 1. The van der Waals surface area contributed by atoms with Gasteiger partial charge < -0.3 is 24.3 Å². The molecule has 3 rings (SSSR count). The van der Waals surface area contributed by atoms with Gasteiger partial charge in [-0.3, -0.25) is 4.79 Å². The van der Waals surface area contributed by atoms with Crippen molar-refractivity contribution in [2.45, 2.75) is 26.2 Å². The largest absolute Gasteiger partial charge is 0.493 e. The molecular formula is C21H25NO6S. The third kappa shape index (κ3) is 4.64. The zero-order valence-electron chi connectivity index (χ0n) is 17.0. The summed E-state index contributed by atoms with van der Waals surface area (Å²) < 4.78 is 21.0. The molecule has 1 atom stereocenters. The SMILES string of the molecule is COc1cc(NC(=O)COC(=O)c2csc3c2CCC(C)C3)cc(OC)c1OC. The first-order chi connectivity index (χ1) is 14.0. The van der Waals surface area contributed by atoms with E-state index in [1.807, 2.05) is 5.38 Å². The second-order valence-electron chi connectivity index (χ2n) is 6.94. The van der Waals surface area contributed by atoms with Crippen molar-refractivity contribution >= 4 is 28.9 Å². The molecular weight excluding hydrogens is 394 g/mol. The van der Waals surface area contributed by atoms with Gasteiger partial charge in [-0.1, -0.05) is 6.92 Å². The van der Waals surface area contributed by atoms with Gasteiger partial charge in [-0.05, 0) is 30.7 Å². The van der Waals surface area contributed by atoms with Gasteiger partial charge in [-0.25, -0.2) is 4.79 Å². The molecule has 0 radical (unpaired) electrons. The van der Waals surface area contributed by atoms with Crippen molar-refractivity contribution < 1.29 is 28.5 Å². The number of thiophene rings is 1. The van der Waals surface area contributed by atoms with E-state index >= 15 is 0 Å². The van der Waals surface area contributed by atoms with Crippen LogP contribution in [0.4, 0.5) is 5.69 Å². The molecule has 1 heterocycles. The molecule has 1 unspecified atom stereocenters. The van der Waals surface area contributed by atoms with Gasteiger partial charge in [-0.2, -0.15) is 0 Å². The van der Waals surface area contributed by atoms with Crippen LogP contribution in [-0.4, -0.2) is 39.8 Å². The molecule has 1 N–H and O–H groups in total. The average molecular weight is 419 g/mol. The van der Waals surface area contributed by atoms with Crippen LogP contribution in [0.2, 0.25) is 0 Å². The van der Waals surface area contributed by atoms with Crippen molar-refractivity contribution in [1.29, 1.82) is 0 Å². The number of ether oxygens (including phenoxy) is 4. The maximum absolute atomic E-state index is 12.4. The lowest BCUT2D eigenvalue weighted by Crippen LogP contribution is -2.21. The summed E-state index contributed by atoms with van der Waals surface area (Å²) in [6.07, 6.45) is 2.93. The van der Waals surface area contributed by atoms with E-state index in [1.165, 1.54) is 26.2 Å². The van der Waals surface area contributed by atoms with E-state index in [2.05, 4.69) is 12.2 Å². The fourth-order valence-electron chi connectivity index (χ4n) is 3.41. The highest BCUT2D eigenvalue weighted by Crippen LogP contribution is 2.40. The Hall–Kier alpha value is -2.74. The fraction of sp³-hybridized carbons (Fsp3) is 0.429. The van der Waals surface area contributed by atoms with E-state index in [0.29, 0.717) is 34.4 Å². The summed E-state index contributed by atoms with van der Waals surface area (Å²) in [5.41, 5.74) is 2.10. The highest BCUT2D eigenvalue weighted by atomic mass is 32.1. The van der Waals surface area contributed by atoms with E-state index in [-0.39, 0.29) is 6.61 Å². The topological polar surface area (TPSA) is 83.1 Å². The Labute approximate surface area is 173 Å². The Morgan fingerprint density at radius 2 is 1.83 bits per heavy atom. The highest BCUT2D eigenvalue weighted by molar-refractivity contribution is 7.10. The van der Waals surface area contributed by atoms with E-state index in [4.69, 9.17) is 18.9 Å². The fourth-order valence-corrected chi connectivity index (χ4v) is 4.64. The summed E-state index contributed by atoms with van der Waals surface area (Å²) in [4.78, 5) is 26.0. The molecule has 0 bridgehead atoms. The molecule has 1 aliphatic rings. The van der Waals surface area contributed by atoms with Crippen LogP contribution in [-0.2, 0) is 22.4 Å². The number of methoxy groups -OCH3 is 3. The predicted octanol–water partition coefficient (Wildman–Crippen LogP) is 3.69. The maximum atomic E-state index is 12.4. The number of anilines is 1. The molecule has 0 fully saturated rings. The van der Waals surface area contributed by atoms with Crippen molar-refractivity contribution in [3.05, 3.63) is 33.5 Å². The first-order valence-corrected chi connectivity index (χ1v) is 10.2. The van der Waals surface area contributed by atoms with Gasteiger partial charge in [0, 0.05) is 28.1 Å². The molecule has 29 heavy (non-hydrogen) atoms. The number of carbonyl (C=O) groups excluding carboxylic acids is 2. The van der Waals surface area contributed by atoms with E-state index in [1.54, 1.807) is 23.5 Å². The second-order valence-corrected chi connectivity index (χ2v) is 7.90. The first kappa shape index (κ1) is 21.0. The molecule has 0 saturated carbocycles. The number of hydrogen-bond acceptors (Lipinski definition) is 7. The number of benzene rings is 1. The standard InChI is InChI=1S/C21H25NO6S/c1-12-5-6-14-15(11-29-18(14)7-12)21(24)28-10-19(23)22-13-8-16(25-2)20(27-4)17(9-13)26-3/h8-9,11-12H,5-7,10H2,1-4H3,(H,22,23). The Balaban J connectivity index is 1.63. The Bertz CT molecular complexity index is 882. The molecule has 8 heteroatoms. The molecule has 0 spiro atoms. The third-order valence-corrected chi connectivity index (χ3v) is 5.96. The summed E-state index contributed by atoms with van der Waals surface area (Å²) in [7, 11) is 4.49. The molecule has 1 aliphatic carbocycles. The van der Waals surface area contributed by atoms with Gasteiger partial charge in [0.2, 0.25) is 5.75 Å². The second kappa shape index (κ2) is 9.17. The van der Waals surface area contributed by atoms with Gasteiger partial charge in [0.05, 0.1) is 26.9 Å². The van der Waals surface area contributed by atoms with Gasteiger partial charge in [0.1, 0.15) is 0 Å². The predicted molar refractivity (Wildman–Crippen MR) is 111 cm³/mol. The zero-order valence-corrected chi connectivity index (χ0v) is 17.8. The zero-order chi connectivity index (χ0) is 21.0. The third-order valence-electron chi connectivity index (χ3n) is 4.90. The lowest BCUT2D eigenvalue weighted by atomic mass is 9.88. The highest BCUT2D eigenvalue weighted by Gasteiger charge is 2.24. The maximum Gasteiger partial charge on any atom is 0.339 e. The first-order valence-electron chi connectivity index (χ1n) is 9.33. The summed E-state index contributed by atoms with van der Waals surface area (Å²) >= 11 is 1.59. The molecule has 0 saturated heterocycles. The van der Waals surface area contributed by atoms with Gasteiger partial charge >= 0.3 is 5.97 Å². The Morgan fingerprint density at radius 1 is 1.14 bits per heavy atom. The average Bonchev–Trinajstić information content (AvgIpc) is 3.14. The van der Waals surface area contributed by atoms with Gasteiger partial charge in [0.25, 0.3) is 5.91 Å². The number of nitrogens with one attached hydrogen (secondary N) is 1. The van der Waals surface area contributed by atoms with Crippen LogP contribution in [0.25, 0.3) is 0 Å². The van der Waals surface area contributed by atoms with Crippen molar-refractivity contribution in [1.82, 2.24) is 0 Å². The van der Waals surface area contributed by atoms with Crippen LogP contribution in [0.1, 0.15) is 34.1 Å². The summed E-state index contributed by atoms with van der Waals surface area (Å²) in [5, 5.41) is 4.52. The number of hydrogen-bond donors (Lipinski definition) is 1. The van der Waals surface area contributed by atoms with Crippen LogP contribution < -0.4 is 19.5 Å². The minimum absolute atomic E-state index is 0.378. The monoisotopic (exact) mass is 419 g/mol. The number of esters is 1. The van der Waals surface area contributed by atoms with Crippen LogP contribution >= 0.6 is 11.3 Å².